The molecular formula is C12H19F3N2. The van der Waals surface area contributed by atoms with Gasteiger partial charge >= 0.3 is 6.18 Å². The Balaban J connectivity index is 2.66. The van der Waals surface area contributed by atoms with Crippen molar-refractivity contribution in [3.63, 3.8) is 0 Å². The SMILES string of the molecule is CC1(C)CCCC(C#N)(NCC(F)(F)F)CC1. The molecule has 2 nitrogen and oxygen atoms in total. The van der Waals surface area contributed by atoms with E-state index in [-0.39, 0.29) is 5.41 Å². The second kappa shape index (κ2) is 4.85. The highest BCUT2D eigenvalue weighted by Crippen LogP contribution is 2.38. The molecule has 1 saturated carbocycles. The third kappa shape index (κ3) is 4.55. The molecule has 1 fully saturated rings. The number of nitriles is 1. The summed E-state index contributed by atoms with van der Waals surface area (Å²) >= 11 is 0. The normalized spacial score (nSPS) is 29.4. The van der Waals surface area contributed by atoms with Crippen LogP contribution < -0.4 is 5.32 Å². The molecule has 0 bridgehead atoms. The summed E-state index contributed by atoms with van der Waals surface area (Å²) < 4.78 is 36.6. The third-order valence-electron chi connectivity index (χ3n) is 3.53. The zero-order chi connectivity index (χ0) is 13.2. The van der Waals surface area contributed by atoms with E-state index in [2.05, 4.69) is 25.2 Å². The number of hydrogen-bond donors (Lipinski definition) is 1. The number of hydrogen-bond acceptors (Lipinski definition) is 2. The third-order valence-corrected chi connectivity index (χ3v) is 3.53. The van der Waals surface area contributed by atoms with Crippen LogP contribution in [0.5, 0.6) is 0 Å². The molecule has 0 aromatic rings. The van der Waals surface area contributed by atoms with Crippen molar-refractivity contribution < 1.29 is 13.2 Å². The largest absolute Gasteiger partial charge is 0.401 e. The van der Waals surface area contributed by atoms with Crippen LogP contribution in [0.25, 0.3) is 0 Å². The molecule has 1 unspecified atom stereocenters. The molecule has 1 N–H and O–H groups in total. The smallest absolute Gasteiger partial charge is 0.291 e. The Hall–Kier alpha value is -0.760. The number of nitrogens with zero attached hydrogens (tertiary/aromatic N) is 1. The summed E-state index contributed by atoms with van der Waals surface area (Å²) in [7, 11) is 0. The predicted molar refractivity (Wildman–Crippen MR) is 59.3 cm³/mol. The van der Waals surface area contributed by atoms with Gasteiger partial charge in [0.05, 0.1) is 12.6 Å². The average Bonchev–Trinajstić information content (AvgIpc) is 2.34. The Labute approximate surface area is 100 Å². The minimum Gasteiger partial charge on any atom is -0.291 e. The molecule has 1 aliphatic carbocycles. The molecule has 98 valence electrons. The summed E-state index contributed by atoms with van der Waals surface area (Å²) in [6, 6.07) is 2.06. The average molecular weight is 248 g/mol. The van der Waals surface area contributed by atoms with Gasteiger partial charge in [0.25, 0.3) is 0 Å². The van der Waals surface area contributed by atoms with Gasteiger partial charge in [-0.15, -0.1) is 0 Å². The van der Waals surface area contributed by atoms with Crippen molar-refractivity contribution in [2.45, 2.75) is 57.7 Å². The van der Waals surface area contributed by atoms with Crippen LogP contribution in [-0.2, 0) is 0 Å². The molecule has 1 atom stereocenters. The lowest BCUT2D eigenvalue weighted by Gasteiger charge is -2.28. The topological polar surface area (TPSA) is 35.8 Å². The summed E-state index contributed by atoms with van der Waals surface area (Å²) in [6.45, 7) is 3.12. The zero-order valence-corrected chi connectivity index (χ0v) is 10.3. The van der Waals surface area contributed by atoms with Crippen LogP contribution in [-0.4, -0.2) is 18.3 Å². The standard InChI is InChI=1S/C12H19F3N2/c1-10(2)4-3-5-11(8-16,7-6-10)17-9-12(13,14)15/h17H,3-7,9H2,1-2H3. The number of nitrogens with one attached hydrogen (secondary N) is 1. The van der Waals surface area contributed by atoms with Gasteiger partial charge in [0.1, 0.15) is 5.54 Å². The molecule has 17 heavy (non-hydrogen) atoms. The Morgan fingerprint density at radius 3 is 2.35 bits per heavy atom. The molecule has 0 amide bonds. The molecule has 0 aromatic carbocycles. The highest BCUT2D eigenvalue weighted by atomic mass is 19.4. The lowest BCUT2D eigenvalue weighted by atomic mass is 9.84. The van der Waals surface area contributed by atoms with E-state index in [1.807, 2.05) is 0 Å². The molecule has 0 radical (unpaired) electrons. The molecule has 1 rings (SSSR count). The lowest BCUT2D eigenvalue weighted by Crippen LogP contribution is -2.47. The first-order valence-corrected chi connectivity index (χ1v) is 5.91. The number of alkyl halides is 3. The molecule has 1 aliphatic rings. The molecule has 5 heteroatoms. The van der Waals surface area contributed by atoms with Crippen molar-refractivity contribution in [3.8, 4) is 6.07 Å². The van der Waals surface area contributed by atoms with Gasteiger partial charge in [-0.05, 0) is 31.1 Å². The van der Waals surface area contributed by atoms with E-state index >= 15 is 0 Å². The second-order valence-corrected chi connectivity index (χ2v) is 5.68. The van der Waals surface area contributed by atoms with E-state index in [1.165, 1.54) is 0 Å². The van der Waals surface area contributed by atoms with E-state index in [1.54, 1.807) is 0 Å². The lowest BCUT2D eigenvalue weighted by molar-refractivity contribution is -0.127. The van der Waals surface area contributed by atoms with Crippen LogP contribution >= 0.6 is 0 Å². The van der Waals surface area contributed by atoms with Gasteiger partial charge in [-0.25, -0.2) is 0 Å². The monoisotopic (exact) mass is 248 g/mol. The summed E-state index contributed by atoms with van der Waals surface area (Å²) in [5.74, 6) is 0. The first-order chi connectivity index (χ1) is 7.68. The first kappa shape index (κ1) is 14.3. The maximum absolute atomic E-state index is 12.2. The minimum atomic E-state index is -4.26. The second-order valence-electron chi connectivity index (χ2n) is 5.68. The highest BCUT2D eigenvalue weighted by Gasteiger charge is 2.38. The fraction of sp³-hybridized carbons (Fsp3) is 0.917. The van der Waals surface area contributed by atoms with E-state index in [9.17, 15) is 13.2 Å². The van der Waals surface area contributed by atoms with Crippen LogP contribution in [0.2, 0.25) is 0 Å². The first-order valence-electron chi connectivity index (χ1n) is 5.91. The van der Waals surface area contributed by atoms with Crippen LogP contribution in [0.1, 0.15) is 46.0 Å². The van der Waals surface area contributed by atoms with Crippen molar-refractivity contribution in [1.82, 2.24) is 5.32 Å². The van der Waals surface area contributed by atoms with Gasteiger partial charge in [0, 0.05) is 0 Å². The number of rotatable bonds is 2. The van der Waals surface area contributed by atoms with E-state index in [0.29, 0.717) is 12.8 Å². The summed E-state index contributed by atoms with van der Waals surface area (Å²) in [4.78, 5) is 0. The van der Waals surface area contributed by atoms with Crippen LogP contribution in [0.3, 0.4) is 0 Å². The van der Waals surface area contributed by atoms with Crippen molar-refractivity contribution >= 4 is 0 Å². The number of halogens is 3. The Morgan fingerprint density at radius 1 is 1.18 bits per heavy atom. The highest BCUT2D eigenvalue weighted by molar-refractivity contribution is 5.09. The Bertz CT molecular complexity index is 304. The zero-order valence-electron chi connectivity index (χ0n) is 10.3. The van der Waals surface area contributed by atoms with Crippen molar-refractivity contribution in [2.75, 3.05) is 6.54 Å². The van der Waals surface area contributed by atoms with Crippen LogP contribution in [0, 0.1) is 16.7 Å². The van der Waals surface area contributed by atoms with Gasteiger partial charge in [-0.1, -0.05) is 20.3 Å². The van der Waals surface area contributed by atoms with Gasteiger partial charge in [-0.3, -0.25) is 5.32 Å². The van der Waals surface area contributed by atoms with Crippen molar-refractivity contribution in [3.05, 3.63) is 0 Å². The predicted octanol–water partition coefficient (Wildman–Crippen LogP) is 3.39. The molecule has 0 spiro atoms. The van der Waals surface area contributed by atoms with Crippen molar-refractivity contribution in [2.24, 2.45) is 5.41 Å². The van der Waals surface area contributed by atoms with Gasteiger partial charge in [-0.2, -0.15) is 18.4 Å². The summed E-state index contributed by atoms with van der Waals surface area (Å²) in [6.07, 6.45) is -0.720. The summed E-state index contributed by atoms with van der Waals surface area (Å²) in [5, 5.41) is 11.6. The van der Waals surface area contributed by atoms with Crippen LogP contribution in [0.15, 0.2) is 0 Å². The van der Waals surface area contributed by atoms with E-state index < -0.39 is 18.3 Å². The van der Waals surface area contributed by atoms with Gasteiger partial charge in [0.15, 0.2) is 0 Å². The molecule has 0 heterocycles. The minimum absolute atomic E-state index is 0.124. The van der Waals surface area contributed by atoms with E-state index in [0.717, 1.165) is 19.3 Å². The van der Waals surface area contributed by atoms with Gasteiger partial charge in [0.2, 0.25) is 0 Å². The van der Waals surface area contributed by atoms with E-state index in [4.69, 9.17) is 5.26 Å². The molecule has 0 aliphatic heterocycles. The quantitative estimate of drug-likeness (QED) is 0.760. The fourth-order valence-corrected chi connectivity index (χ4v) is 2.27. The van der Waals surface area contributed by atoms with Crippen LogP contribution in [0.4, 0.5) is 13.2 Å². The molecular weight excluding hydrogens is 229 g/mol. The maximum atomic E-state index is 12.2. The summed E-state index contributed by atoms with van der Waals surface area (Å²) in [5.41, 5.74) is -0.873. The van der Waals surface area contributed by atoms with Gasteiger partial charge < -0.3 is 0 Å². The maximum Gasteiger partial charge on any atom is 0.401 e. The van der Waals surface area contributed by atoms with Crippen molar-refractivity contribution in [1.29, 1.82) is 5.26 Å². The fourth-order valence-electron chi connectivity index (χ4n) is 2.27. The molecule has 0 saturated heterocycles. The molecule has 0 aromatic heterocycles. The Morgan fingerprint density at radius 2 is 1.82 bits per heavy atom. The Kier molecular flexibility index (Phi) is 4.08.